The molecule has 38 heavy (non-hydrogen) atoms. The van der Waals surface area contributed by atoms with Crippen LogP contribution in [0.1, 0.15) is 23.2 Å². The van der Waals surface area contributed by atoms with Gasteiger partial charge in [-0.05, 0) is 49.2 Å². The van der Waals surface area contributed by atoms with Gasteiger partial charge in [0.25, 0.3) is 5.91 Å². The minimum Gasteiger partial charge on any atom is -0.496 e. The van der Waals surface area contributed by atoms with E-state index in [-0.39, 0.29) is 11.7 Å². The molecule has 1 atom stereocenters. The zero-order valence-corrected chi connectivity index (χ0v) is 21.6. The van der Waals surface area contributed by atoms with Gasteiger partial charge in [-0.3, -0.25) is 4.79 Å². The predicted molar refractivity (Wildman–Crippen MR) is 143 cm³/mol. The highest BCUT2D eigenvalue weighted by molar-refractivity contribution is 6.01. The van der Waals surface area contributed by atoms with E-state index in [1.54, 1.807) is 30.2 Å². The van der Waals surface area contributed by atoms with Crippen molar-refractivity contribution >= 4 is 23.4 Å². The molecule has 0 aliphatic carbocycles. The molecule has 0 N–H and O–H groups in total. The summed E-state index contributed by atoms with van der Waals surface area (Å²) in [4.78, 5) is 36.8. The molecule has 0 radical (unpaired) electrons. The van der Waals surface area contributed by atoms with Gasteiger partial charge in [-0.15, -0.1) is 0 Å². The lowest BCUT2D eigenvalue weighted by Gasteiger charge is -2.38. The largest absolute Gasteiger partial charge is 0.496 e. The molecular formula is C29H31FN4O4. The topological polar surface area (TPSA) is 75.2 Å². The second-order valence-corrected chi connectivity index (χ2v) is 9.37. The Bertz CT molecular complexity index is 1330. The number of carbonyl (C=O) groups excluding carboxylic acids is 2. The van der Waals surface area contributed by atoms with Crippen molar-refractivity contribution in [1.29, 1.82) is 0 Å². The van der Waals surface area contributed by atoms with Crippen LogP contribution >= 0.6 is 0 Å². The molecule has 8 nitrogen and oxygen atoms in total. The molecule has 198 valence electrons. The van der Waals surface area contributed by atoms with Gasteiger partial charge in [0.1, 0.15) is 23.4 Å². The lowest BCUT2D eigenvalue weighted by Crippen LogP contribution is -2.48. The number of hydrogen-bond donors (Lipinski definition) is 0. The van der Waals surface area contributed by atoms with Crippen molar-refractivity contribution in [3.63, 3.8) is 0 Å². The van der Waals surface area contributed by atoms with Crippen LogP contribution in [0.4, 0.5) is 15.9 Å². The van der Waals surface area contributed by atoms with Crippen molar-refractivity contribution in [3.05, 3.63) is 72.0 Å². The summed E-state index contributed by atoms with van der Waals surface area (Å²) in [5.74, 6) is 0.316. The van der Waals surface area contributed by atoms with E-state index in [1.807, 2.05) is 41.3 Å². The fourth-order valence-corrected chi connectivity index (χ4v) is 5.28. The number of piperazine rings is 1. The van der Waals surface area contributed by atoms with Gasteiger partial charge in [0, 0.05) is 38.3 Å². The fourth-order valence-electron chi connectivity index (χ4n) is 5.28. The number of aromatic nitrogens is 1. The molecule has 2 aliphatic heterocycles. The van der Waals surface area contributed by atoms with E-state index in [2.05, 4.69) is 4.90 Å². The molecule has 0 spiro atoms. The quantitative estimate of drug-likeness (QED) is 0.457. The van der Waals surface area contributed by atoms with Gasteiger partial charge in [-0.2, -0.15) is 0 Å². The molecular weight excluding hydrogens is 487 g/mol. The Balaban J connectivity index is 1.49. The number of ether oxygens (including phenoxy) is 2. The van der Waals surface area contributed by atoms with Crippen LogP contribution in [-0.2, 0) is 9.53 Å². The number of amides is 1. The summed E-state index contributed by atoms with van der Waals surface area (Å²) in [6.07, 6.45) is 1.30. The first-order chi connectivity index (χ1) is 18.5. The maximum absolute atomic E-state index is 14.4. The first-order valence-electron chi connectivity index (χ1n) is 12.8. The zero-order chi connectivity index (χ0) is 26.6. The molecule has 2 saturated heterocycles. The molecule has 0 unspecified atom stereocenters. The van der Waals surface area contributed by atoms with Gasteiger partial charge in [-0.25, -0.2) is 14.2 Å². The summed E-state index contributed by atoms with van der Waals surface area (Å²) in [5.41, 5.74) is 2.49. The molecule has 2 fully saturated rings. The van der Waals surface area contributed by atoms with E-state index in [0.29, 0.717) is 67.7 Å². The average molecular weight is 519 g/mol. The van der Waals surface area contributed by atoms with Crippen molar-refractivity contribution in [2.75, 3.05) is 56.7 Å². The molecule has 1 aromatic heterocycles. The van der Waals surface area contributed by atoms with Gasteiger partial charge >= 0.3 is 5.97 Å². The van der Waals surface area contributed by atoms with Crippen molar-refractivity contribution in [2.24, 2.45) is 0 Å². The Morgan fingerprint density at radius 2 is 1.61 bits per heavy atom. The normalized spacial score (nSPS) is 17.4. The summed E-state index contributed by atoms with van der Waals surface area (Å²) < 4.78 is 24.9. The van der Waals surface area contributed by atoms with Gasteiger partial charge in [-0.1, -0.05) is 24.3 Å². The predicted octanol–water partition coefficient (Wildman–Crippen LogP) is 4.00. The summed E-state index contributed by atoms with van der Waals surface area (Å²) in [5, 5.41) is 0. The third kappa shape index (κ3) is 4.88. The SMILES string of the molecule is COC(=O)[C@@H]1CCCN1C(=O)c1ccc(-c2ccccc2OC)nc1N1CCN(c2ccccc2F)CC1. The number of hydrogen-bond acceptors (Lipinski definition) is 7. The third-order valence-electron chi connectivity index (χ3n) is 7.25. The average Bonchev–Trinajstić information content (AvgIpc) is 3.46. The third-order valence-corrected chi connectivity index (χ3v) is 7.25. The minimum absolute atomic E-state index is 0.247. The number of carbonyl (C=O) groups is 2. The van der Waals surface area contributed by atoms with Gasteiger partial charge in [0.2, 0.25) is 0 Å². The number of benzene rings is 2. The van der Waals surface area contributed by atoms with Crippen LogP contribution in [0.15, 0.2) is 60.7 Å². The van der Waals surface area contributed by atoms with Gasteiger partial charge in [0.15, 0.2) is 0 Å². The number of pyridine rings is 1. The summed E-state index contributed by atoms with van der Waals surface area (Å²) in [6.45, 7) is 2.73. The molecule has 0 bridgehead atoms. The highest BCUT2D eigenvalue weighted by Gasteiger charge is 2.37. The number of methoxy groups -OCH3 is 2. The molecule has 5 rings (SSSR count). The van der Waals surface area contributed by atoms with E-state index < -0.39 is 12.0 Å². The van der Waals surface area contributed by atoms with Crippen LogP contribution in [0.5, 0.6) is 5.75 Å². The summed E-state index contributed by atoms with van der Waals surface area (Å²) >= 11 is 0. The highest BCUT2D eigenvalue weighted by Crippen LogP contribution is 2.33. The van der Waals surface area contributed by atoms with Gasteiger partial charge < -0.3 is 24.2 Å². The number of halogens is 1. The molecule has 3 aromatic rings. The molecule has 3 heterocycles. The maximum atomic E-state index is 14.4. The van der Waals surface area contributed by atoms with E-state index in [1.165, 1.54) is 13.2 Å². The maximum Gasteiger partial charge on any atom is 0.328 e. The number of esters is 1. The Morgan fingerprint density at radius 1 is 0.895 bits per heavy atom. The van der Waals surface area contributed by atoms with Crippen molar-refractivity contribution < 1.29 is 23.5 Å². The van der Waals surface area contributed by atoms with Crippen LogP contribution in [0.3, 0.4) is 0 Å². The van der Waals surface area contributed by atoms with E-state index in [0.717, 1.165) is 12.0 Å². The summed E-state index contributed by atoms with van der Waals surface area (Å²) in [6, 6.07) is 17.3. The standard InChI is InChI=1S/C29H31FN4O4/c1-37-26-12-6-3-8-20(26)23-14-13-21(28(35)34-15-7-11-25(34)29(36)38-2)27(31-23)33-18-16-32(17-19-33)24-10-5-4-9-22(24)30/h3-6,8-10,12-14,25H,7,11,15-19H2,1-2H3/t25-/m0/s1. The molecule has 2 aromatic carbocycles. The Morgan fingerprint density at radius 3 is 2.34 bits per heavy atom. The van der Waals surface area contributed by atoms with Crippen LogP contribution in [-0.4, -0.2) is 74.7 Å². The number of anilines is 2. The molecule has 0 saturated carbocycles. The van der Waals surface area contributed by atoms with Crippen molar-refractivity contribution in [3.8, 4) is 17.0 Å². The monoisotopic (exact) mass is 518 g/mol. The Kier molecular flexibility index (Phi) is 7.44. The van der Waals surface area contributed by atoms with Crippen LogP contribution in [0, 0.1) is 5.82 Å². The number of nitrogens with zero attached hydrogens (tertiary/aromatic N) is 4. The second kappa shape index (κ2) is 11.1. The Hall–Kier alpha value is -4.14. The minimum atomic E-state index is -0.604. The van der Waals surface area contributed by atoms with Crippen LogP contribution in [0.2, 0.25) is 0 Å². The zero-order valence-electron chi connectivity index (χ0n) is 21.6. The lowest BCUT2D eigenvalue weighted by atomic mass is 10.1. The van der Waals surface area contributed by atoms with E-state index >= 15 is 0 Å². The molecule has 2 aliphatic rings. The molecule has 9 heteroatoms. The van der Waals surface area contributed by atoms with Crippen molar-refractivity contribution in [2.45, 2.75) is 18.9 Å². The number of para-hydroxylation sites is 2. The van der Waals surface area contributed by atoms with E-state index in [4.69, 9.17) is 14.5 Å². The lowest BCUT2D eigenvalue weighted by molar-refractivity contribution is -0.145. The van der Waals surface area contributed by atoms with E-state index in [9.17, 15) is 14.0 Å². The smallest absolute Gasteiger partial charge is 0.328 e. The van der Waals surface area contributed by atoms with Crippen LogP contribution < -0.4 is 14.5 Å². The van der Waals surface area contributed by atoms with Crippen molar-refractivity contribution in [1.82, 2.24) is 9.88 Å². The summed E-state index contributed by atoms with van der Waals surface area (Å²) in [7, 11) is 2.95. The number of likely N-dealkylation sites (tertiary alicyclic amines) is 1. The highest BCUT2D eigenvalue weighted by atomic mass is 19.1. The van der Waals surface area contributed by atoms with Crippen LogP contribution in [0.25, 0.3) is 11.3 Å². The second-order valence-electron chi connectivity index (χ2n) is 9.37. The first-order valence-corrected chi connectivity index (χ1v) is 12.8. The fraction of sp³-hybridized carbons (Fsp3) is 0.345. The number of rotatable bonds is 6. The van der Waals surface area contributed by atoms with Gasteiger partial charge in [0.05, 0.1) is 31.2 Å². The molecule has 1 amide bonds. The first kappa shape index (κ1) is 25.5. The Labute approximate surface area is 221 Å².